The molecule has 0 aliphatic heterocycles. The molecule has 0 bridgehead atoms. The molecule has 2 aromatic rings. The number of aryl methyl sites for hydroxylation is 1. The molecular weight excluding hydrogens is 302 g/mol. The Kier molecular flexibility index (Phi) is 5.36. The lowest BCUT2D eigenvalue weighted by atomic mass is 9.88. The Morgan fingerprint density at radius 3 is 2.58 bits per heavy atom. The third-order valence-corrected chi connectivity index (χ3v) is 4.21. The lowest BCUT2D eigenvalue weighted by Crippen LogP contribution is -2.34. The predicted molar refractivity (Wildman–Crippen MR) is 93.4 cm³/mol. The van der Waals surface area contributed by atoms with Crippen molar-refractivity contribution in [1.29, 1.82) is 0 Å². The number of fused-ring (bicyclic) bond motifs is 1. The number of ether oxygens (including phenoxy) is 2. The fourth-order valence-corrected chi connectivity index (χ4v) is 3.13. The van der Waals surface area contributed by atoms with E-state index in [4.69, 9.17) is 9.47 Å². The smallest absolute Gasteiger partial charge is 0.258 e. The maximum atomic E-state index is 12.3. The molecule has 1 atom stereocenters. The average molecular weight is 325 g/mol. The molecule has 4 nitrogen and oxygen atoms in total. The van der Waals surface area contributed by atoms with Crippen LogP contribution in [0.1, 0.15) is 36.9 Å². The summed E-state index contributed by atoms with van der Waals surface area (Å²) in [6.45, 7) is 2.47. The molecule has 0 saturated heterocycles. The third-order valence-electron chi connectivity index (χ3n) is 4.21. The van der Waals surface area contributed by atoms with Gasteiger partial charge in [0, 0.05) is 0 Å². The summed E-state index contributed by atoms with van der Waals surface area (Å²) in [5.41, 5.74) is 2.56. The van der Waals surface area contributed by atoms with E-state index in [1.54, 1.807) is 0 Å². The molecule has 0 radical (unpaired) electrons. The number of para-hydroxylation sites is 2. The van der Waals surface area contributed by atoms with Crippen molar-refractivity contribution in [3.05, 3.63) is 59.7 Å². The molecule has 0 saturated carbocycles. The molecule has 0 spiro atoms. The summed E-state index contributed by atoms with van der Waals surface area (Å²) in [5, 5.41) is 3.09. The van der Waals surface area contributed by atoms with E-state index in [-0.39, 0.29) is 18.6 Å². The number of hydrogen-bond acceptors (Lipinski definition) is 3. The van der Waals surface area contributed by atoms with E-state index < -0.39 is 0 Å². The van der Waals surface area contributed by atoms with Crippen LogP contribution < -0.4 is 14.8 Å². The maximum absolute atomic E-state index is 12.3. The summed E-state index contributed by atoms with van der Waals surface area (Å²) in [5.74, 6) is 1.15. The second-order valence-corrected chi connectivity index (χ2v) is 5.88. The molecule has 0 fully saturated rings. The maximum Gasteiger partial charge on any atom is 0.258 e. The van der Waals surface area contributed by atoms with Crippen LogP contribution in [0.2, 0.25) is 0 Å². The molecule has 1 aliphatic carbocycles. The van der Waals surface area contributed by atoms with Gasteiger partial charge in [-0.3, -0.25) is 4.79 Å². The van der Waals surface area contributed by atoms with Gasteiger partial charge in [0.05, 0.1) is 12.6 Å². The Bertz CT molecular complexity index is 699. The third kappa shape index (κ3) is 3.88. The van der Waals surface area contributed by atoms with Crippen molar-refractivity contribution < 1.29 is 14.3 Å². The Morgan fingerprint density at radius 2 is 1.79 bits per heavy atom. The Hall–Kier alpha value is -2.49. The quantitative estimate of drug-likeness (QED) is 0.882. The Labute approximate surface area is 142 Å². The molecule has 126 valence electrons. The van der Waals surface area contributed by atoms with Gasteiger partial charge in [-0.2, -0.15) is 0 Å². The average Bonchev–Trinajstić information content (AvgIpc) is 2.62. The van der Waals surface area contributed by atoms with Crippen LogP contribution in [0.4, 0.5) is 0 Å². The number of carbonyl (C=O) groups is 1. The van der Waals surface area contributed by atoms with Gasteiger partial charge in [-0.1, -0.05) is 36.4 Å². The van der Waals surface area contributed by atoms with Crippen LogP contribution in [0.25, 0.3) is 0 Å². The first-order valence-electron chi connectivity index (χ1n) is 8.49. The number of carbonyl (C=O) groups excluding carboxylic acids is 1. The lowest BCUT2D eigenvalue weighted by molar-refractivity contribution is -0.124. The van der Waals surface area contributed by atoms with Crippen molar-refractivity contribution in [3.63, 3.8) is 0 Å². The first-order chi connectivity index (χ1) is 11.8. The van der Waals surface area contributed by atoms with E-state index in [2.05, 4.69) is 23.5 Å². The van der Waals surface area contributed by atoms with Gasteiger partial charge in [0.1, 0.15) is 0 Å². The molecule has 2 aromatic carbocycles. The number of benzene rings is 2. The highest BCUT2D eigenvalue weighted by Gasteiger charge is 2.21. The van der Waals surface area contributed by atoms with E-state index >= 15 is 0 Å². The minimum Gasteiger partial charge on any atom is -0.490 e. The van der Waals surface area contributed by atoms with Crippen molar-refractivity contribution in [2.24, 2.45) is 0 Å². The summed E-state index contributed by atoms with van der Waals surface area (Å²) in [6, 6.07) is 15.8. The standard InChI is InChI=1S/C20H23NO3/c1-2-23-18-12-5-6-13-19(18)24-14-20(22)21-17-11-7-9-15-8-3-4-10-16(15)17/h3-6,8,10,12-13,17H,2,7,9,11,14H2,1H3,(H,21,22)/t17-/m1/s1. The molecule has 3 rings (SSSR count). The second kappa shape index (κ2) is 7.86. The zero-order chi connectivity index (χ0) is 16.8. The van der Waals surface area contributed by atoms with Crippen LogP contribution in [-0.2, 0) is 11.2 Å². The zero-order valence-corrected chi connectivity index (χ0v) is 14.0. The first-order valence-corrected chi connectivity index (χ1v) is 8.49. The Balaban J connectivity index is 1.59. The van der Waals surface area contributed by atoms with Crippen molar-refractivity contribution >= 4 is 5.91 Å². The van der Waals surface area contributed by atoms with Crippen molar-refractivity contribution in [2.45, 2.75) is 32.2 Å². The van der Waals surface area contributed by atoms with Gasteiger partial charge < -0.3 is 14.8 Å². The first kappa shape index (κ1) is 16.4. The van der Waals surface area contributed by atoms with Crippen LogP contribution in [0.3, 0.4) is 0 Å². The van der Waals surface area contributed by atoms with E-state index in [1.165, 1.54) is 11.1 Å². The van der Waals surface area contributed by atoms with Crippen LogP contribution in [0.5, 0.6) is 11.5 Å². The van der Waals surface area contributed by atoms with Crippen LogP contribution >= 0.6 is 0 Å². The fourth-order valence-electron chi connectivity index (χ4n) is 3.13. The van der Waals surface area contributed by atoms with E-state index in [9.17, 15) is 4.79 Å². The highest BCUT2D eigenvalue weighted by Crippen LogP contribution is 2.29. The normalized spacial score (nSPS) is 16.1. The molecule has 1 aliphatic rings. The monoisotopic (exact) mass is 325 g/mol. The van der Waals surface area contributed by atoms with Gasteiger partial charge in [-0.05, 0) is 49.4 Å². The molecule has 4 heteroatoms. The van der Waals surface area contributed by atoms with Crippen LogP contribution in [0.15, 0.2) is 48.5 Å². The molecule has 24 heavy (non-hydrogen) atoms. The van der Waals surface area contributed by atoms with Crippen LogP contribution in [-0.4, -0.2) is 19.1 Å². The zero-order valence-electron chi connectivity index (χ0n) is 14.0. The number of nitrogens with one attached hydrogen (secondary N) is 1. The Morgan fingerprint density at radius 1 is 1.08 bits per heavy atom. The molecule has 1 amide bonds. The highest BCUT2D eigenvalue weighted by atomic mass is 16.5. The summed E-state index contributed by atoms with van der Waals surface area (Å²) in [4.78, 5) is 12.3. The minimum absolute atomic E-state index is 0.0112. The van der Waals surface area contributed by atoms with E-state index in [0.717, 1.165) is 19.3 Å². The van der Waals surface area contributed by atoms with Crippen LogP contribution in [0, 0.1) is 0 Å². The van der Waals surface area contributed by atoms with E-state index in [1.807, 2.05) is 37.3 Å². The summed E-state index contributed by atoms with van der Waals surface area (Å²) in [7, 11) is 0. The van der Waals surface area contributed by atoms with Gasteiger partial charge in [0.15, 0.2) is 18.1 Å². The summed E-state index contributed by atoms with van der Waals surface area (Å²) < 4.78 is 11.2. The molecule has 1 N–H and O–H groups in total. The second-order valence-electron chi connectivity index (χ2n) is 5.88. The largest absolute Gasteiger partial charge is 0.490 e. The molecule has 0 unspecified atom stereocenters. The van der Waals surface area contributed by atoms with Gasteiger partial charge in [-0.15, -0.1) is 0 Å². The predicted octanol–water partition coefficient (Wildman–Crippen LogP) is 3.66. The molecular formula is C20H23NO3. The molecule has 0 heterocycles. The summed E-state index contributed by atoms with van der Waals surface area (Å²) >= 11 is 0. The number of rotatable bonds is 6. The summed E-state index contributed by atoms with van der Waals surface area (Å²) in [6.07, 6.45) is 3.15. The topological polar surface area (TPSA) is 47.6 Å². The van der Waals surface area contributed by atoms with Gasteiger partial charge >= 0.3 is 0 Å². The van der Waals surface area contributed by atoms with Gasteiger partial charge in [-0.25, -0.2) is 0 Å². The lowest BCUT2D eigenvalue weighted by Gasteiger charge is -2.26. The molecule has 0 aromatic heterocycles. The van der Waals surface area contributed by atoms with Crippen molar-refractivity contribution in [1.82, 2.24) is 5.32 Å². The number of amides is 1. The van der Waals surface area contributed by atoms with Crippen molar-refractivity contribution in [3.8, 4) is 11.5 Å². The fraction of sp³-hybridized carbons (Fsp3) is 0.350. The SMILES string of the molecule is CCOc1ccccc1OCC(=O)N[C@@H]1CCCc2ccccc21. The number of hydrogen-bond donors (Lipinski definition) is 1. The minimum atomic E-state index is -0.108. The van der Waals surface area contributed by atoms with Gasteiger partial charge in [0.25, 0.3) is 5.91 Å². The van der Waals surface area contributed by atoms with Crippen molar-refractivity contribution in [2.75, 3.05) is 13.2 Å². The van der Waals surface area contributed by atoms with Gasteiger partial charge in [0.2, 0.25) is 0 Å². The van der Waals surface area contributed by atoms with E-state index in [0.29, 0.717) is 18.1 Å². The highest BCUT2D eigenvalue weighted by molar-refractivity contribution is 5.78.